The van der Waals surface area contributed by atoms with Crippen molar-refractivity contribution in [1.29, 1.82) is 0 Å². The molecule has 1 N–H and O–H groups in total. The molecule has 0 radical (unpaired) electrons. The van der Waals surface area contributed by atoms with Crippen molar-refractivity contribution in [2.75, 3.05) is 39.3 Å². The summed E-state index contributed by atoms with van der Waals surface area (Å²) >= 11 is 0. The Morgan fingerprint density at radius 2 is 1.71 bits per heavy atom. The van der Waals surface area contributed by atoms with E-state index in [1.54, 1.807) is 6.92 Å². The monoisotopic (exact) mass is 338 g/mol. The van der Waals surface area contributed by atoms with Gasteiger partial charge in [-0.25, -0.2) is 0 Å². The van der Waals surface area contributed by atoms with Crippen molar-refractivity contribution in [3.8, 4) is 0 Å². The molecule has 2 rings (SSSR count). The number of hydrogen-bond acceptors (Lipinski definition) is 4. The smallest absolute Gasteiger partial charge is 0.220 e. The third-order valence-corrected chi connectivity index (χ3v) is 5.49. The van der Waals surface area contributed by atoms with Crippen LogP contribution in [0.15, 0.2) is 0 Å². The van der Waals surface area contributed by atoms with Crippen molar-refractivity contribution >= 4 is 11.8 Å². The Morgan fingerprint density at radius 3 is 2.25 bits per heavy atom. The number of piperazine rings is 1. The van der Waals surface area contributed by atoms with Crippen molar-refractivity contribution in [3.05, 3.63) is 0 Å². The first-order valence-electron chi connectivity index (χ1n) is 9.39. The number of hydrogen-bond donors (Lipinski definition) is 1. The van der Waals surface area contributed by atoms with Gasteiger partial charge in [0, 0.05) is 70.7 Å². The van der Waals surface area contributed by atoms with Crippen molar-refractivity contribution < 1.29 is 9.59 Å². The van der Waals surface area contributed by atoms with Crippen LogP contribution in [0.5, 0.6) is 0 Å². The summed E-state index contributed by atoms with van der Waals surface area (Å²) in [6.45, 7) is 13.7. The number of amides is 2. The van der Waals surface area contributed by atoms with Gasteiger partial charge in [-0.3, -0.25) is 19.4 Å². The minimum atomic E-state index is 0.161. The zero-order valence-electron chi connectivity index (χ0n) is 15.8. The van der Waals surface area contributed by atoms with Crippen LogP contribution in [-0.4, -0.2) is 83.9 Å². The summed E-state index contributed by atoms with van der Waals surface area (Å²) in [6.07, 6.45) is 2.53. The molecular formula is C18H34N4O2. The molecule has 2 amide bonds. The van der Waals surface area contributed by atoms with E-state index in [0.29, 0.717) is 24.5 Å². The zero-order valence-corrected chi connectivity index (χ0v) is 15.8. The summed E-state index contributed by atoms with van der Waals surface area (Å²) in [5.41, 5.74) is 0. The molecule has 2 aliphatic rings. The molecule has 0 aromatic carbocycles. The lowest BCUT2D eigenvalue weighted by atomic mass is 10.1. The highest BCUT2D eigenvalue weighted by Gasteiger charge is 2.26. The summed E-state index contributed by atoms with van der Waals surface area (Å²) in [5.74, 6) is 0.341. The summed E-state index contributed by atoms with van der Waals surface area (Å²) in [4.78, 5) is 30.3. The lowest BCUT2D eigenvalue weighted by molar-refractivity contribution is -0.130. The van der Waals surface area contributed by atoms with E-state index in [4.69, 9.17) is 0 Å². The lowest BCUT2D eigenvalue weighted by Gasteiger charge is -2.37. The molecule has 0 aliphatic carbocycles. The van der Waals surface area contributed by atoms with Crippen LogP contribution in [0, 0.1) is 0 Å². The Morgan fingerprint density at radius 1 is 1.04 bits per heavy atom. The number of nitrogens with one attached hydrogen (secondary N) is 1. The summed E-state index contributed by atoms with van der Waals surface area (Å²) in [6, 6.07) is 1.26. The maximum Gasteiger partial charge on any atom is 0.220 e. The van der Waals surface area contributed by atoms with E-state index in [9.17, 15) is 9.59 Å². The van der Waals surface area contributed by atoms with E-state index in [1.807, 2.05) is 4.90 Å². The van der Waals surface area contributed by atoms with Crippen LogP contribution in [0.4, 0.5) is 0 Å². The average Bonchev–Trinajstić information content (AvgIpc) is 3.01. The number of carbonyl (C=O) groups is 2. The third-order valence-electron chi connectivity index (χ3n) is 5.49. The molecule has 0 saturated carbocycles. The molecule has 138 valence electrons. The van der Waals surface area contributed by atoms with Gasteiger partial charge < -0.3 is 10.2 Å². The van der Waals surface area contributed by atoms with E-state index in [0.717, 1.165) is 52.1 Å². The van der Waals surface area contributed by atoms with Gasteiger partial charge in [0.1, 0.15) is 0 Å². The molecule has 2 atom stereocenters. The molecule has 0 bridgehead atoms. The fourth-order valence-corrected chi connectivity index (χ4v) is 3.67. The van der Waals surface area contributed by atoms with Gasteiger partial charge in [-0.15, -0.1) is 0 Å². The Bertz CT molecular complexity index is 433. The molecule has 6 heteroatoms. The van der Waals surface area contributed by atoms with Crippen molar-refractivity contribution in [3.63, 3.8) is 0 Å². The van der Waals surface area contributed by atoms with E-state index in [-0.39, 0.29) is 11.8 Å². The van der Waals surface area contributed by atoms with Gasteiger partial charge in [0.25, 0.3) is 0 Å². The molecule has 24 heavy (non-hydrogen) atoms. The number of nitrogens with zero attached hydrogens (tertiary/aromatic N) is 3. The van der Waals surface area contributed by atoms with Crippen LogP contribution in [-0.2, 0) is 9.59 Å². The molecular weight excluding hydrogens is 304 g/mol. The Balaban J connectivity index is 1.64. The fraction of sp³-hybridized carbons (Fsp3) is 0.889. The second-order valence-corrected chi connectivity index (χ2v) is 7.57. The normalized spacial score (nSPS) is 24.4. The Labute approximate surface area is 146 Å². The van der Waals surface area contributed by atoms with Crippen LogP contribution >= 0.6 is 0 Å². The van der Waals surface area contributed by atoms with Crippen LogP contribution < -0.4 is 5.32 Å². The predicted octanol–water partition coefficient (Wildman–Crippen LogP) is 0.918. The summed E-state index contributed by atoms with van der Waals surface area (Å²) < 4.78 is 0. The number of likely N-dealkylation sites (tertiary alicyclic amines) is 1. The van der Waals surface area contributed by atoms with Gasteiger partial charge in [-0.1, -0.05) is 0 Å². The standard InChI is InChI=1S/C18H34N4O2/c1-14(2)22-8-7-17(13-22)19-18(24)6-5-15(3)20-9-11-21(12-10-20)16(4)23/h14-15,17H,5-13H2,1-4H3,(H,19,24)/t15?,17-/m1/s1. The zero-order chi connectivity index (χ0) is 17.7. The minimum Gasteiger partial charge on any atom is -0.352 e. The van der Waals surface area contributed by atoms with Crippen LogP contribution in [0.1, 0.15) is 47.0 Å². The topological polar surface area (TPSA) is 55.9 Å². The molecule has 2 fully saturated rings. The highest BCUT2D eigenvalue weighted by Crippen LogP contribution is 2.14. The molecule has 0 aromatic rings. The molecule has 0 aromatic heterocycles. The van der Waals surface area contributed by atoms with E-state index >= 15 is 0 Å². The van der Waals surface area contributed by atoms with Gasteiger partial charge in [-0.05, 0) is 33.6 Å². The van der Waals surface area contributed by atoms with Gasteiger partial charge in [0.05, 0.1) is 0 Å². The van der Waals surface area contributed by atoms with Crippen molar-refractivity contribution in [2.45, 2.75) is 65.1 Å². The Kier molecular flexibility index (Phi) is 7.04. The predicted molar refractivity (Wildman–Crippen MR) is 95.8 cm³/mol. The summed E-state index contributed by atoms with van der Waals surface area (Å²) in [5, 5.41) is 3.19. The molecule has 6 nitrogen and oxygen atoms in total. The maximum atomic E-state index is 12.2. The van der Waals surface area contributed by atoms with E-state index < -0.39 is 0 Å². The van der Waals surface area contributed by atoms with Crippen molar-refractivity contribution in [2.24, 2.45) is 0 Å². The van der Waals surface area contributed by atoms with Crippen molar-refractivity contribution in [1.82, 2.24) is 20.0 Å². The summed E-state index contributed by atoms with van der Waals surface area (Å²) in [7, 11) is 0. The quantitative estimate of drug-likeness (QED) is 0.782. The highest BCUT2D eigenvalue weighted by molar-refractivity contribution is 5.76. The van der Waals surface area contributed by atoms with Crippen LogP contribution in [0.25, 0.3) is 0 Å². The Hall–Kier alpha value is -1.14. The van der Waals surface area contributed by atoms with Crippen LogP contribution in [0.2, 0.25) is 0 Å². The van der Waals surface area contributed by atoms with Gasteiger partial charge in [0.15, 0.2) is 0 Å². The second kappa shape index (κ2) is 8.81. The first-order chi connectivity index (χ1) is 11.4. The minimum absolute atomic E-state index is 0.161. The van der Waals surface area contributed by atoms with Crippen LogP contribution in [0.3, 0.4) is 0 Å². The molecule has 0 spiro atoms. The van der Waals surface area contributed by atoms with Gasteiger partial charge in [0.2, 0.25) is 11.8 Å². The van der Waals surface area contributed by atoms with E-state index in [1.165, 1.54) is 0 Å². The maximum absolute atomic E-state index is 12.2. The number of carbonyl (C=O) groups excluding carboxylic acids is 2. The van der Waals surface area contributed by atoms with E-state index in [2.05, 4.69) is 35.9 Å². The fourth-order valence-electron chi connectivity index (χ4n) is 3.67. The molecule has 2 aliphatic heterocycles. The largest absolute Gasteiger partial charge is 0.352 e. The molecule has 2 heterocycles. The first-order valence-corrected chi connectivity index (χ1v) is 9.39. The number of rotatable bonds is 6. The highest BCUT2D eigenvalue weighted by atomic mass is 16.2. The second-order valence-electron chi connectivity index (χ2n) is 7.57. The lowest BCUT2D eigenvalue weighted by Crippen LogP contribution is -2.51. The SMILES string of the molecule is CC(=O)N1CCN(C(C)CCC(=O)N[C@@H]2CCN(C(C)C)C2)CC1. The third kappa shape index (κ3) is 5.45. The molecule has 2 saturated heterocycles. The first kappa shape index (κ1) is 19.2. The molecule has 1 unspecified atom stereocenters. The van der Waals surface area contributed by atoms with Gasteiger partial charge >= 0.3 is 0 Å². The van der Waals surface area contributed by atoms with Gasteiger partial charge in [-0.2, -0.15) is 0 Å². The average molecular weight is 338 g/mol.